The Kier molecular flexibility index (Phi) is 9.32. The largest absolute Gasteiger partial charge is 0.494 e. The van der Waals surface area contributed by atoms with E-state index >= 15 is 0 Å². The second-order valence-electron chi connectivity index (χ2n) is 7.54. The van der Waals surface area contributed by atoms with Gasteiger partial charge in [-0.1, -0.05) is 35.5 Å². The van der Waals surface area contributed by atoms with E-state index in [0.29, 0.717) is 54.7 Å². The smallest absolute Gasteiger partial charge is 0.330 e. The molecule has 0 heterocycles. The molecule has 0 aliphatic rings. The number of aliphatic carboxylic acids is 1. The molecule has 0 saturated heterocycles. The Balaban J connectivity index is 1.69. The zero-order chi connectivity index (χ0) is 25.0. The van der Waals surface area contributed by atoms with Crippen molar-refractivity contribution in [1.29, 1.82) is 0 Å². The lowest BCUT2D eigenvalue weighted by atomic mass is 10.1. The molecule has 0 aliphatic heterocycles. The first-order valence-corrected chi connectivity index (χ1v) is 11.1. The van der Waals surface area contributed by atoms with E-state index in [4.69, 9.17) is 25.2 Å². The third-order valence-corrected chi connectivity index (χ3v) is 5.00. The Hall–Kier alpha value is -4.24. The van der Waals surface area contributed by atoms with Crippen LogP contribution in [0.15, 0.2) is 78.0 Å². The summed E-state index contributed by atoms with van der Waals surface area (Å²) in [6.07, 6.45) is 0. The van der Waals surface area contributed by atoms with Gasteiger partial charge in [0.15, 0.2) is 11.9 Å². The van der Waals surface area contributed by atoms with Crippen LogP contribution >= 0.6 is 0 Å². The summed E-state index contributed by atoms with van der Waals surface area (Å²) < 4.78 is 17.1. The van der Waals surface area contributed by atoms with Crippen LogP contribution < -0.4 is 20.5 Å². The Labute approximate surface area is 203 Å². The number of nitrogens with two attached hydrogens (primary N) is 1. The highest BCUT2D eigenvalue weighted by Crippen LogP contribution is 2.29. The first-order valence-electron chi connectivity index (χ1n) is 11.1. The molecule has 9 heteroatoms. The minimum atomic E-state index is -1.07. The number of oxime groups is 1. The van der Waals surface area contributed by atoms with Gasteiger partial charge in [0.05, 0.1) is 19.8 Å². The topological polar surface area (TPSA) is 136 Å². The van der Waals surface area contributed by atoms with Gasteiger partial charge >= 0.3 is 5.97 Å². The first kappa shape index (κ1) is 25.4. The molecule has 0 aromatic heterocycles. The van der Waals surface area contributed by atoms with E-state index < -0.39 is 12.0 Å². The summed E-state index contributed by atoms with van der Waals surface area (Å²) in [5.41, 5.74) is 8.17. The number of amidine groups is 1. The lowest BCUT2D eigenvalue weighted by molar-refractivity contribution is -0.138. The van der Waals surface area contributed by atoms with Gasteiger partial charge in [-0.3, -0.25) is 0 Å². The Morgan fingerprint density at radius 2 is 1.69 bits per heavy atom. The lowest BCUT2D eigenvalue weighted by Crippen LogP contribution is -2.21. The van der Waals surface area contributed by atoms with Crippen LogP contribution in [0.25, 0.3) is 0 Å². The number of nitrogens with zero attached hydrogens (tertiary/aromatic N) is 1. The number of ether oxygens (including phenoxy) is 3. The van der Waals surface area contributed by atoms with Crippen LogP contribution in [0.1, 0.15) is 29.7 Å². The quantitative estimate of drug-likeness (QED) is 0.0949. The summed E-state index contributed by atoms with van der Waals surface area (Å²) in [5.74, 6) is -0.133. The Morgan fingerprint density at radius 1 is 1.00 bits per heavy atom. The highest BCUT2D eigenvalue weighted by atomic mass is 16.5. The number of carboxylic acid groups (broad SMARTS) is 1. The molecule has 35 heavy (non-hydrogen) atoms. The third-order valence-electron chi connectivity index (χ3n) is 5.00. The Morgan fingerprint density at radius 3 is 2.31 bits per heavy atom. The average Bonchev–Trinajstić information content (AvgIpc) is 2.87. The van der Waals surface area contributed by atoms with Crippen molar-refractivity contribution in [3.05, 3.63) is 89.5 Å². The standard InChI is InChI=1S/C26H29N3O6/c1-2-34-22-14-20(15-23(16-22)35-13-12-33-17-18-6-4-3-5-7-18)24(26(30)31)28-21-10-8-19(9-11-21)25(27)29-32/h3-11,14-16,24,28,32H,2,12-13,17H2,1H3,(H2,27,29)(H,30,31). The SMILES string of the molecule is CCOc1cc(OCCOCc2ccccc2)cc(C(Nc2ccc(/C(N)=N/O)cc2)C(=O)O)c1. The molecular formula is C26H29N3O6. The summed E-state index contributed by atoms with van der Waals surface area (Å²) in [6, 6.07) is 20.4. The average molecular weight is 480 g/mol. The minimum Gasteiger partial charge on any atom is -0.494 e. The summed E-state index contributed by atoms with van der Waals surface area (Å²) in [6.45, 7) is 3.41. The molecule has 0 aliphatic carbocycles. The number of rotatable bonds is 13. The fourth-order valence-electron chi connectivity index (χ4n) is 3.33. The molecule has 1 atom stereocenters. The van der Waals surface area contributed by atoms with E-state index in [1.807, 2.05) is 37.3 Å². The molecule has 184 valence electrons. The van der Waals surface area contributed by atoms with Gasteiger partial charge in [-0.15, -0.1) is 0 Å². The zero-order valence-electron chi connectivity index (χ0n) is 19.4. The second kappa shape index (κ2) is 12.9. The molecule has 0 amide bonds. The van der Waals surface area contributed by atoms with Crippen molar-refractivity contribution in [3.8, 4) is 11.5 Å². The number of carbonyl (C=O) groups is 1. The molecule has 9 nitrogen and oxygen atoms in total. The van der Waals surface area contributed by atoms with Gasteiger partial charge in [-0.05, 0) is 54.4 Å². The summed E-state index contributed by atoms with van der Waals surface area (Å²) in [5, 5.41) is 24.6. The van der Waals surface area contributed by atoms with Gasteiger partial charge in [0, 0.05) is 17.3 Å². The van der Waals surface area contributed by atoms with E-state index in [-0.39, 0.29) is 5.84 Å². The van der Waals surface area contributed by atoms with E-state index in [2.05, 4.69) is 10.5 Å². The van der Waals surface area contributed by atoms with Gasteiger partial charge in [-0.2, -0.15) is 0 Å². The first-order chi connectivity index (χ1) is 17.0. The Bertz CT molecular complexity index is 1120. The molecule has 3 rings (SSSR count). The number of hydrogen-bond donors (Lipinski definition) is 4. The van der Waals surface area contributed by atoms with Crippen LogP contribution in [0.3, 0.4) is 0 Å². The molecular weight excluding hydrogens is 450 g/mol. The van der Waals surface area contributed by atoms with Crippen LogP contribution in [0.2, 0.25) is 0 Å². The van der Waals surface area contributed by atoms with Crippen molar-refractivity contribution in [2.75, 3.05) is 25.1 Å². The van der Waals surface area contributed by atoms with Gasteiger partial charge in [0.25, 0.3) is 0 Å². The zero-order valence-corrected chi connectivity index (χ0v) is 19.4. The van der Waals surface area contributed by atoms with Crippen LogP contribution in [0.5, 0.6) is 11.5 Å². The monoisotopic (exact) mass is 479 g/mol. The molecule has 3 aromatic carbocycles. The highest BCUT2D eigenvalue weighted by molar-refractivity contribution is 5.97. The molecule has 1 unspecified atom stereocenters. The van der Waals surface area contributed by atoms with Crippen molar-refractivity contribution in [2.24, 2.45) is 10.9 Å². The molecule has 3 aromatic rings. The summed E-state index contributed by atoms with van der Waals surface area (Å²) >= 11 is 0. The number of hydrogen-bond acceptors (Lipinski definition) is 7. The van der Waals surface area contributed by atoms with Gasteiger partial charge in [-0.25, -0.2) is 4.79 Å². The molecule has 0 spiro atoms. The van der Waals surface area contributed by atoms with E-state index in [1.165, 1.54) is 0 Å². The van der Waals surface area contributed by atoms with Gasteiger partial charge in [0.1, 0.15) is 18.1 Å². The predicted octanol–water partition coefficient (Wildman–Crippen LogP) is 4.01. The molecule has 0 fully saturated rings. The highest BCUT2D eigenvalue weighted by Gasteiger charge is 2.22. The van der Waals surface area contributed by atoms with Crippen LogP contribution in [-0.2, 0) is 16.1 Å². The van der Waals surface area contributed by atoms with Crippen molar-refractivity contribution in [2.45, 2.75) is 19.6 Å². The molecule has 0 bridgehead atoms. The fourth-order valence-corrected chi connectivity index (χ4v) is 3.33. The molecule has 5 N–H and O–H groups in total. The van der Waals surface area contributed by atoms with Crippen LogP contribution in [0, 0.1) is 0 Å². The van der Waals surface area contributed by atoms with Crippen molar-refractivity contribution >= 4 is 17.5 Å². The van der Waals surface area contributed by atoms with Crippen molar-refractivity contribution < 1.29 is 29.3 Å². The lowest BCUT2D eigenvalue weighted by Gasteiger charge is -2.19. The summed E-state index contributed by atoms with van der Waals surface area (Å²) in [4.78, 5) is 12.1. The van der Waals surface area contributed by atoms with E-state index in [0.717, 1.165) is 5.56 Å². The molecule has 0 radical (unpaired) electrons. The maximum Gasteiger partial charge on any atom is 0.330 e. The predicted molar refractivity (Wildman–Crippen MR) is 132 cm³/mol. The van der Waals surface area contributed by atoms with Gasteiger partial charge in [0.2, 0.25) is 0 Å². The van der Waals surface area contributed by atoms with E-state index in [9.17, 15) is 9.90 Å². The van der Waals surface area contributed by atoms with E-state index in [1.54, 1.807) is 42.5 Å². The third kappa shape index (κ3) is 7.65. The number of benzene rings is 3. The van der Waals surface area contributed by atoms with Crippen LogP contribution in [-0.4, -0.2) is 41.9 Å². The van der Waals surface area contributed by atoms with Gasteiger partial charge < -0.3 is 35.6 Å². The maximum atomic E-state index is 12.1. The minimum absolute atomic E-state index is 0.0368. The van der Waals surface area contributed by atoms with Crippen molar-refractivity contribution in [3.63, 3.8) is 0 Å². The number of nitrogens with one attached hydrogen (secondary N) is 1. The van der Waals surface area contributed by atoms with Crippen molar-refractivity contribution in [1.82, 2.24) is 0 Å². The second-order valence-corrected chi connectivity index (χ2v) is 7.54. The number of carboxylic acids is 1. The van der Waals surface area contributed by atoms with Crippen LogP contribution in [0.4, 0.5) is 5.69 Å². The fraction of sp³-hybridized carbons (Fsp3) is 0.231. The summed E-state index contributed by atoms with van der Waals surface area (Å²) in [7, 11) is 0. The molecule has 0 saturated carbocycles. The normalized spacial score (nSPS) is 12.1. The maximum absolute atomic E-state index is 12.1. The number of anilines is 1.